The molecule has 0 saturated carbocycles. The molecule has 1 radical (unpaired) electrons. The summed E-state index contributed by atoms with van der Waals surface area (Å²) in [7, 11) is 2.49. The average Bonchev–Trinajstić information content (AvgIpc) is 4.16. The van der Waals surface area contributed by atoms with Crippen molar-refractivity contribution in [2.75, 3.05) is 5.32 Å². The van der Waals surface area contributed by atoms with E-state index in [4.69, 9.17) is 4.42 Å². The van der Waals surface area contributed by atoms with E-state index in [0.29, 0.717) is 0 Å². The Morgan fingerprint density at radius 1 is 0.459 bits per heavy atom. The monoisotopic (exact) mass is 991 g/mol. The molecule has 2 aliphatic carbocycles. The number of nitrogens with zero attached hydrogens (tertiary/aromatic N) is 1. The molecule has 5 heterocycles. The van der Waals surface area contributed by atoms with E-state index in [2.05, 4.69) is 212 Å². The molecule has 3 nitrogen and oxygen atoms in total. The fourth-order valence-corrected chi connectivity index (χ4v) is 16.6. The number of benzene rings is 9. The molecule has 6 heteroatoms. The highest BCUT2D eigenvalue weighted by atomic mass is 32.1. The van der Waals surface area contributed by atoms with Crippen LogP contribution in [0.5, 0.6) is 0 Å². The van der Waals surface area contributed by atoms with E-state index in [9.17, 15) is 0 Å². The molecule has 1 aliphatic heterocycles. The SMILES string of the molecule is CC1(C)CCC(C)(C)c2cc3c(cc21)oc1c(-c2c4c(cc5c2sc2ccccc25)-n2c5c(cccc5c5ccc6ccccc6c52)[B]4)c(Nc2cccc4c2sc2cc5c(cc24)C(C)(C)CCC5(C)C)ccc13. The Morgan fingerprint density at radius 3 is 1.86 bits per heavy atom. The maximum Gasteiger partial charge on any atom is 0.197 e. The van der Waals surface area contributed by atoms with Gasteiger partial charge in [0.25, 0.3) is 0 Å². The second kappa shape index (κ2) is 14.5. The molecule has 16 rings (SSSR count). The first-order valence-corrected chi connectivity index (χ1v) is 28.4. The van der Waals surface area contributed by atoms with E-state index in [1.807, 2.05) is 22.7 Å². The summed E-state index contributed by atoms with van der Waals surface area (Å²) in [6, 6.07) is 53.6. The normalized spacial score (nSPS) is 17.2. The highest BCUT2D eigenvalue weighted by Gasteiger charge is 2.40. The first-order chi connectivity index (χ1) is 35.6. The molecule has 4 aromatic heterocycles. The Bertz CT molecular complexity index is 4680. The third-order valence-corrected chi connectivity index (χ3v) is 20.9. The number of nitrogens with one attached hydrogen (secondary N) is 1. The summed E-state index contributed by atoms with van der Waals surface area (Å²) in [6.07, 6.45) is 4.69. The predicted molar refractivity (Wildman–Crippen MR) is 322 cm³/mol. The first kappa shape index (κ1) is 43.5. The largest absolute Gasteiger partial charge is 0.455 e. The van der Waals surface area contributed by atoms with E-state index in [0.717, 1.165) is 46.3 Å². The summed E-state index contributed by atoms with van der Waals surface area (Å²) in [5.41, 5.74) is 18.7. The molecule has 359 valence electrons. The maximum atomic E-state index is 7.58. The van der Waals surface area contributed by atoms with Crippen LogP contribution in [-0.4, -0.2) is 11.8 Å². The van der Waals surface area contributed by atoms with Gasteiger partial charge in [-0.15, -0.1) is 22.7 Å². The summed E-state index contributed by atoms with van der Waals surface area (Å²) in [5.74, 6) is 0. The van der Waals surface area contributed by atoms with Crippen LogP contribution in [0.15, 0.2) is 144 Å². The summed E-state index contributed by atoms with van der Waals surface area (Å²) < 4.78 is 15.4. The lowest BCUT2D eigenvalue weighted by atomic mass is 9.59. The van der Waals surface area contributed by atoms with E-state index in [1.165, 1.54) is 136 Å². The lowest BCUT2D eigenvalue weighted by Crippen LogP contribution is -2.37. The lowest BCUT2D eigenvalue weighted by Gasteiger charge is -2.41. The number of aromatic nitrogens is 1. The number of anilines is 2. The summed E-state index contributed by atoms with van der Waals surface area (Å²) >= 11 is 3.84. The minimum absolute atomic E-state index is 0.0421. The number of furan rings is 1. The molecule has 74 heavy (non-hydrogen) atoms. The van der Waals surface area contributed by atoms with Crippen molar-refractivity contribution >= 4 is 147 Å². The van der Waals surface area contributed by atoms with Crippen LogP contribution in [0.3, 0.4) is 0 Å². The van der Waals surface area contributed by atoms with Gasteiger partial charge in [0.1, 0.15) is 11.2 Å². The van der Waals surface area contributed by atoms with E-state index < -0.39 is 0 Å². The summed E-state index contributed by atoms with van der Waals surface area (Å²) in [5, 5.41) is 16.8. The second-order valence-electron chi connectivity index (χ2n) is 24.8. The molecule has 3 aliphatic rings. The minimum Gasteiger partial charge on any atom is -0.455 e. The van der Waals surface area contributed by atoms with Gasteiger partial charge in [0.15, 0.2) is 7.28 Å². The number of fused-ring (bicyclic) bond motifs is 18. The predicted octanol–water partition coefficient (Wildman–Crippen LogP) is 18.6. The van der Waals surface area contributed by atoms with Gasteiger partial charge in [-0.3, -0.25) is 0 Å². The molecule has 0 fully saturated rings. The number of hydrogen-bond donors (Lipinski definition) is 1. The Morgan fingerprint density at radius 2 is 1.08 bits per heavy atom. The van der Waals surface area contributed by atoms with Crippen LogP contribution in [-0.2, 0) is 21.7 Å². The third-order valence-electron chi connectivity index (χ3n) is 18.5. The molecule has 0 unspecified atom stereocenters. The molecule has 13 aromatic rings. The standard InChI is InChI=1S/C68H56BN2OS2/c1-65(2)27-29-67(5,6)48-34-54-43(31-46(48)65)41-25-26-51(70-52-21-14-19-42-44-32-47-49(35-56(44)74-63(42)52)68(7,8)30-28-66(47,3)4)57(62(41)72-54)58-59-53(33-45-38-17-11-12-22-55(38)73-64(45)58)71-60-37-16-10-9-15-36(37)23-24-40(60)39-18-13-20-50(69-59)61(39)71/h9-26,31-35,70H,27-30H2,1-8H3. The van der Waals surface area contributed by atoms with Gasteiger partial charge in [0, 0.05) is 84.9 Å². The van der Waals surface area contributed by atoms with Gasteiger partial charge in [0.2, 0.25) is 0 Å². The zero-order chi connectivity index (χ0) is 49.9. The van der Waals surface area contributed by atoms with E-state index in [-0.39, 0.29) is 21.7 Å². The molecular weight excluding hydrogens is 936 g/mol. The number of para-hydroxylation sites is 1. The van der Waals surface area contributed by atoms with Crippen molar-refractivity contribution in [2.24, 2.45) is 0 Å². The smallest absolute Gasteiger partial charge is 0.197 e. The van der Waals surface area contributed by atoms with Crippen LogP contribution >= 0.6 is 22.7 Å². The van der Waals surface area contributed by atoms with Crippen molar-refractivity contribution in [3.63, 3.8) is 0 Å². The number of hydrogen-bond acceptors (Lipinski definition) is 4. The number of rotatable bonds is 3. The van der Waals surface area contributed by atoms with Gasteiger partial charge >= 0.3 is 0 Å². The van der Waals surface area contributed by atoms with Crippen molar-refractivity contribution in [2.45, 2.75) is 103 Å². The van der Waals surface area contributed by atoms with Crippen LogP contribution in [0.25, 0.3) is 112 Å². The molecule has 0 saturated heterocycles. The van der Waals surface area contributed by atoms with Crippen molar-refractivity contribution in [3.8, 4) is 16.8 Å². The Labute approximate surface area is 440 Å². The highest BCUT2D eigenvalue weighted by Crippen LogP contribution is 2.54. The molecule has 0 atom stereocenters. The van der Waals surface area contributed by atoms with Crippen LogP contribution in [0, 0.1) is 0 Å². The molecule has 0 bridgehead atoms. The fourth-order valence-electron chi connectivity index (χ4n) is 14.2. The lowest BCUT2D eigenvalue weighted by molar-refractivity contribution is 0.332. The van der Waals surface area contributed by atoms with Gasteiger partial charge in [-0.05, 0) is 135 Å². The van der Waals surface area contributed by atoms with Crippen molar-refractivity contribution in [1.29, 1.82) is 0 Å². The van der Waals surface area contributed by atoms with Gasteiger partial charge in [-0.2, -0.15) is 0 Å². The van der Waals surface area contributed by atoms with Gasteiger partial charge < -0.3 is 14.3 Å². The Hall–Kier alpha value is -6.86. The van der Waals surface area contributed by atoms with Crippen LogP contribution in [0.1, 0.15) is 103 Å². The zero-order valence-electron chi connectivity index (χ0n) is 43.4. The molecule has 9 aromatic carbocycles. The molecule has 1 N–H and O–H groups in total. The molecular formula is C68H56BN2OS2. The summed E-state index contributed by atoms with van der Waals surface area (Å²) in [4.78, 5) is 0. The van der Waals surface area contributed by atoms with Gasteiger partial charge in [0.05, 0.1) is 21.6 Å². The number of thiophene rings is 2. The Balaban J connectivity index is 1.03. The van der Waals surface area contributed by atoms with Crippen molar-refractivity contribution in [3.05, 3.63) is 162 Å². The van der Waals surface area contributed by atoms with Gasteiger partial charge in [-0.25, -0.2) is 0 Å². The summed E-state index contributed by atoms with van der Waals surface area (Å²) in [6.45, 7) is 19.5. The fraction of sp³-hybridized carbons (Fsp3) is 0.235. The average molecular weight is 992 g/mol. The quantitative estimate of drug-likeness (QED) is 0.179. The second-order valence-corrected chi connectivity index (χ2v) is 26.9. The van der Waals surface area contributed by atoms with Gasteiger partial charge in [-0.1, -0.05) is 146 Å². The van der Waals surface area contributed by atoms with Crippen molar-refractivity contribution < 1.29 is 4.42 Å². The molecule has 0 spiro atoms. The van der Waals surface area contributed by atoms with E-state index >= 15 is 0 Å². The van der Waals surface area contributed by atoms with Crippen LogP contribution < -0.4 is 16.2 Å². The topological polar surface area (TPSA) is 30.1 Å². The highest BCUT2D eigenvalue weighted by molar-refractivity contribution is 7.27. The molecule has 0 amide bonds. The third kappa shape index (κ3) is 5.79. The van der Waals surface area contributed by atoms with Crippen LogP contribution in [0.4, 0.5) is 11.4 Å². The van der Waals surface area contributed by atoms with Crippen molar-refractivity contribution in [1.82, 2.24) is 4.57 Å². The maximum absolute atomic E-state index is 7.58. The van der Waals surface area contributed by atoms with E-state index in [1.54, 1.807) is 0 Å². The first-order valence-electron chi connectivity index (χ1n) is 26.7. The van der Waals surface area contributed by atoms with Crippen LogP contribution in [0.2, 0.25) is 0 Å². The Kier molecular flexibility index (Phi) is 8.53. The zero-order valence-corrected chi connectivity index (χ0v) is 45.0. The minimum atomic E-state index is 0.0421.